The monoisotopic (exact) mass is 302 g/mol. The molecule has 2 N–H and O–H groups in total. The second kappa shape index (κ2) is 6.76. The molecule has 7 heteroatoms. The number of nitrogens with zero attached hydrogens (tertiary/aromatic N) is 1. The van der Waals surface area contributed by atoms with Gasteiger partial charge in [-0.3, -0.25) is 0 Å². The molecule has 1 saturated heterocycles. The first-order chi connectivity index (χ1) is 9.56. The molecule has 1 aliphatic rings. The van der Waals surface area contributed by atoms with E-state index in [9.17, 15) is 9.18 Å². The van der Waals surface area contributed by atoms with Gasteiger partial charge in [-0.15, -0.1) is 0 Å². The molecule has 0 unspecified atom stereocenters. The van der Waals surface area contributed by atoms with Crippen LogP contribution in [0, 0.1) is 5.82 Å². The summed E-state index contributed by atoms with van der Waals surface area (Å²) in [6.45, 7) is 1.83. The van der Waals surface area contributed by atoms with E-state index in [-0.39, 0.29) is 11.8 Å². The Hall–Kier alpha value is -1.53. The van der Waals surface area contributed by atoms with Crippen LogP contribution in [-0.2, 0) is 0 Å². The predicted octanol–water partition coefficient (Wildman–Crippen LogP) is 2.20. The minimum Gasteiger partial charge on any atom is -0.490 e. The van der Waals surface area contributed by atoms with Crippen molar-refractivity contribution in [3.63, 3.8) is 0 Å². The summed E-state index contributed by atoms with van der Waals surface area (Å²) < 4.78 is 18.8. The van der Waals surface area contributed by atoms with Crippen molar-refractivity contribution in [2.75, 3.05) is 26.2 Å². The highest BCUT2D eigenvalue weighted by molar-refractivity contribution is 6.30. The number of benzene rings is 1. The number of carboxylic acid groups (broad SMARTS) is 1. The molecule has 110 valence electrons. The van der Waals surface area contributed by atoms with Crippen LogP contribution < -0.4 is 10.1 Å². The van der Waals surface area contributed by atoms with Crippen LogP contribution in [0.15, 0.2) is 18.2 Å². The topological polar surface area (TPSA) is 61.8 Å². The second-order valence-corrected chi connectivity index (χ2v) is 5.03. The SMILES string of the molecule is O=C(O)N1CCN[C@H](CCOc2ccc(Cl)cc2F)C1. The van der Waals surface area contributed by atoms with Crippen LogP contribution in [0.25, 0.3) is 0 Å². The van der Waals surface area contributed by atoms with Crippen molar-refractivity contribution in [3.8, 4) is 5.75 Å². The molecule has 1 fully saturated rings. The average Bonchev–Trinajstić information content (AvgIpc) is 2.41. The maximum atomic E-state index is 13.5. The molecule has 0 spiro atoms. The fourth-order valence-corrected chi connectivity index (χ4v) is 2.25. The quantitative estimate of drug-likeness (QED) is 0.895. The lowest BCUT2D eigenvalue weighted by Crippen LogP contribution is -2.52. The zero-order valence-corrected chi connectivity index (χ0v) is 11.6. The molecule has 1 aromatic rings. The summed E-state index contributed by atoms with van der Waals surface area (Å²) in [5.74, 6) is -0.346. The van der Waals surface area contributed by atoms with Crippen LogP contribution in [0.5, 0.6) is 5.75 Å². The molecule has 0 aromatic heterocycles. The summed E-state index contributed by atoms with van der Waals surface area (Å²) in [6.07, 6.45) is -0.313. The lowest BCUT2D eigenvalue weighted by molar-refractivity contribution is 0.124. The van der Waals surface area contributed by atoms with Gasteiger partial charge < -0.3 is 20.1 Å². The standard InChI is InChI=1S/C13H16ClFN2O3/c14-9-1-2-12(11(15)7-9)20-6-3-10-8-17(13(18)19)5-4-16-10/h1-2,7,10,16H,3-6,8H2,(H,18,19)/t10-/m1/s1. The third-order valence-corrected chi connectivity index (χ3v) is 3.38. The number of hydrogen-bond acceptors (Lipinski definition) is 3. The Bertz CT molecular complexity index is 487. The summed E-state index contributed by atoms with van der Waals surface area (Å²) in [6, 6.07) is 4.26. The Kier molecular flexibility index (Phi) is 5.03. The van der Waals surface area contributed by atoms with Gasteiger partial charge in [0.25, 0.3) is 0 Å². The largest absolute Gasteiger partial charge is 0.490 e. The predicted molar refractivity (Wildman–Crippen MR) is 72.9 cm³/mol. The molecular weight excluding hydrogens is 287 g/mol. The van der Waals surface area contributed by atoms with Crippen LogP contribution in [0.1, 0.15) is 6.42 Å². The molecule has 1 aromatic carbocycles. The first-order valence-electron chi connectivity index (χ1n) is 6.35. The third kappa shape index (κ3) is 3.98. The molecule has 0 radical (unpaired) electrons. The Balaban J connectivity index is 1.79. The van der Waals surface area contributed by atoms with E-state index in [0.29, 0.717) is 37.7 Å². The first-order valence-corrected chi connectivity index (χ1v) is 6.73. The number of ether oxygens (including phenoxy) is 1. The summed E-state index contributed by atoms with van der Waals surface area (Å²) in [5, 5.41) is 12.5. The first kappa shape index (κ1) is 14.9. The second-order valence-electron chi connectivity index (χ2n) is 4.59. The molecule has 2 rings (SSSR count). The molecule has 0 bridgehead atoms. The van der Waals surface area contributed by atoms with Crippen molar-refractivity contribution in [3.05, 3.63) is 29.0 Å². The highest BCUT2D eigenvalue weighted by Crippen LogP contribution is 2.21. The van der Waals surface area contributed by atoms with Crippen molar-refractivity contribution < 1.29 is 19.0 Å². The highest BCUT2D eigenvalue weighted by atomic mass is 35.5. The third-order valence-electron chi connectivity index (χ3n) is 3.14. The summed E-state index contributed by atoms with van der Waals surface area (Å²) in [7, 11) is 0. The van der Waals surface area contributed by atoms with Gasteiger partial charge in [-0.1, -0.05) is 11.6 Å². The van der Waals surface area contributed by atoms with Gasteiger partial charge in [0.05, 0.1) is 6.61 Å². The molecule has 0 aliphatic carbocycles. The van der Waals surface area contributed by atoms with Gasteiger partial charge in [0.2, 0.25) is 0 Å². The Morgan fingerprint density at radius 2 is 2.40 bits per heavy atom. The van der Waals surface area contributed by atoms with Crippen molar-refractivity contribution >= 4 is 17.7 Å². The summed E-state index contributed by atoms with van der Waals surface area (Å²) in [5.41, 5.74) is 0. The number of carbonyl (C=O) groups is 1. The van der Waals surface area contributed by atoms with Crippen LogP contribution >= 0.6 is 11.6 Å². The maximum Gasteiger partial charge on any atom is 0.407 e. The number of hydrogen-bond donors (Lipinski definition) is 2. The van der Waals surface area contributed by atoms with E-state index in [2.05, 4.69) is 5.32 Å². The fraction of sp³-hybridized carbons (Fsp3) is 0.462. The Morgan fingerprint density at radius 1 is 1.60 bits per heavy atom. The normalized spacial score (nSPS) is 18.9. The molecule has 1 aliphatic heterocycles. The van der Waals surface area contributed by atoms with E-state index in [0.717, 1.165) is 0 Å². The van der Waals surface area contributed by atoms with E-state index in [4.69, 9.17) is 21.4 Å². The van der Waals surface area contributed by atoms with Gasteiger partial charge in [-0.2, -0.15) is 0 Å². The minimum atomic E-state index is -0.916. The van der Waals surface area contributed by atoms with E-state index >= 15 is 0 Å². The molecule has 1 atom stereocenters. The van der Waals surface area contributed by atoms with Gasteiger partial charge >= 0.3 is 6.09 Å². The van der Waals surface area contributed by atoms with Crippen LogP contribution in [0.3, 0.4) is 0 Å². The lowest BCUT2D eigenvalue weighted by atomic mass is 10.1. The number of piperazine rings is 1. The van der Waals surface area contributed by atoms with Gasteiger partial charge in [-0.25, -0.2) is 9.18 Å². The van der Waals surface area contributed by atoms with E-state index in [1.165, 1.54) is 17.0 Å². The Labute approximate surface area is 121 Å². The average molecular weight is 303 g/mol. The van der Waals surface area contributed by atoms with Crippen molar-refractivity contribution in [1.82, 2.24) is 10.2 Å². The summed E-state index contributed by atoms with van der Waals surface area (Å²) >= 11 is 5.65. The van der Waals surface area contributed by atoms with E-state index in [1.807, 2.05) is 0 Å². The zero-order chi connectivity index (χ0) is 14.5. The molecule has 20 heavy (non-hydrogen) atoms. The molecule has 1 heterocycles. The number of nitrogens with one attached hydrogen (secondary N) is 1. The number of amides is 1. The van der Waals surface area contributed by atoms with Crippen LogP contribution in [-0.4, -0.2) is 48.4 Å². The molecule has 0 saturated carbocycles. The lowest BCUT2D eigenvalue weighted by Gasteiger charge is -2.31. The van der Waals surface area contributed by atoms with E-state index < -0.39 is 11.9 Å². The van der Waals surface area contributed by atoms with Gasteiger partial charge in [0.1, 0.15) is 0 Å². The maximum absolute atomic E-state index is 13.5. The van der Waals surface area contributed by atoms with Crippen molar-refractivity contribution in [1.29, 1.82) is 0 Å². The van der Waals surface area contributed by atoms with Crippen molar-refractivity contribution in [2.45, 2.75) is 12.5 Å². The fourth-order valence-electron chi connectivity index (χ4n) is 2.10. The van der Waals surface area contributed by atoms with Crippen molar-refractivity contribution in [2.24, 2.45) is 0 Å². The number of halogens is 2. The molecule has 5 nitrogen and oxygen atoms in total. The van der Waals surface area contributed by atoms with E-state index in [1.54, 1.807) is 6.07 Å². The van der Waals surface area contributed by atoms with Gasteiger partial charge in [-0.05, 0) is 24.6 Å². The summed E-state index contributed by atoms with van der Waals surface area (Å²) in [4.78, 5) is 12.2. The Morgan fingerprint density at radius 3 is 3.10 bits per heavy atom. The van der Waals surface area contributed by atoms with Crippen LogP contribution in [0.4, 0.5) is 9.18 Å². The van der Waals surface area contributed by atoms with Gasteiger partial charge in [0.15, 0.2) is 11.6 Å². The molecular formula is C13H16ClFN2O3. The van der Waals surface area contributed by atoms with Crippen LogP contribution in [0.2, 0.25) is 5.02 Å². The molecule has 1 amide bonds. The number of rotatable bonds is 4. The zero-order valence-electron chi connectivity index (χ0n) is 10.8. The smallest absolute Gasteiger partial charge is 0.407 e. The minimum absolute atomic E-state index is 0.0233. The highest BCUT2D eigenvalue weighted by Gasteiger charge is 2.22. The van der Waals surface area contributed by atoms with Gasteiger partial charge in [0, 0.05) is 30.7 Å².